The fraction of sp³-hybridized carbons (Fsp3) is 0.625. The minimum Gasteiger partial charge on any atom is -0.496 e. The van der Waals surface area contributed by atoms with Crippen LogP contribution in [0, 0.1) is 17.8 Å². The molecule has 0 saturated heterocycles. The van der Waals surface area contributed by atoms with Crippen molar-refractivity contribution in [3.63, 3.8) is 0 Å². The van der Waals surface area contributed by atoms with Gasteiger partial charge in [-0.1, -0.05) is 37.9 Å². The maximum absolute atomic E-state index is 6.04. The van der Waals surface area contributed by atoms with E-state index in [2.05, 4.69) is 19.3 Å². The number of halogens is 1. The minimum atomic E-state index is 0.122. The van der Waals surface area contributed by atoms with Gasteiger partial charge >= 0.3 is 0 Å². The molecule has 0 radical (unpaired) electrons. The maximum atomic E-state index is 6.04. The predicted octanol–water partition coefficient (Wildman–Crippen LogP) is 3.93. The molecule has 1 aromatic rings. The largest absolute Gasteiger partial charge is 0.496 e. The van der Waals surface area contributed by atoms with Crippen LogP contribution in [0.5, 0.6) is 5.75 Å². The van der Waals surface area contributed by atoms with Crippen molar-refractivity contribution in [3.8, 4) is 5.75 Å². The van der Waals surface area contributed by atoms with Crippen LogP contribution in [0.15, 0.2) is 18.2 Å². The van der Waals surface area contributed by atoms with E-state index < -0.39 is 0 Å². The fourth-order valence-electron chi connectivity index (χ4n) is 3.31. The molecular formula is C16H25ClN2O. The van der Waals surface area contributed by atoms with Gasteiger partial charge in [0.25, 0.3) is 0 Å². The Balaban J connectivity index is 2.24. The molecule has 20 heavy (non-hydrogen) atoms. The van der Waals surface area contributed by atoms with Gasteiger partial charge in [0.2, 0.25) is 0 Å². The number of rotatable bonds is 4. The molecule has 1 aliphatic carbocycles. The SMILES string of the molecule is COc1cc(Cl)ccc1C(NN)C1CCC(C)C(C)C1. The molecular weight excluding hydrogens is 272 g/mol. The zero-order chi connectivity index (χ0) is 14.7. The summed E-state index contributed by atoms with van der Waals surface area (Å²) in [6, 6.07) is 5.90. The Labute approximate surface area is 126 Å². The summed E-state index contributed by atoms with van der Waals surface area (Å²) < 4.78 is 5.47. The van der Waals surface area contributed by atoms with Crippen LogP contribution < -0.4 is 16.0 Å². The lowest BCUT2D eigenvalue weighted by atomic mass is 9.72. The van der Waals surface area contributed by atoms with E-state index in [1.807, 2.05) is 18.2 Å². The first kappa shape index (κ1) is 15.6. The molecule has 0 bridgehead atoms. The Morgan fingerprint density at radius 2 is 2.05 bits per heavy atom. The number of ether oxygens (including phenoxy) is 1. The molecule has 4 heteroatoms. The first-order valence-corrected chi connectivity index (χ1v) is 7.74. The Bertz CT molecular complexity index is 452. The third-order valence-corrected chi connectivity index (χ3v) is 5.06. The van der Waals surface area contributed by atoms with Gasteiger partial charge in [0.1, 0.15) is 5.75 Å². The number of methoxy groups -OCH3 is 1. The van der Waals surface area contributed by atoms with Crippen molar-refractivity contribution in [1.82, 2.24) is 5.43 Å². The highest BCUT2D eigenvalue weighted by atomic mass is 35.5. The van der Waals surface area contributed by atoms with Crippen LogP contribution in [-0.2, 0) is 0 Å². The Hall–Kier alpha value is -0.770. The molecule has 2 rings (SSSR count). The number of benzene rings is 1. The van der Waals surface area contributed by atoms with E-state index >= 15 is 0 Å². The molecule has 0 heterocycles. The van der Waals surface area contributed by atoms with Crippen molar-refractivity contribution in [1.29, 1.82) is 0 Å². The van der Waals surface area contributed by atoms with Gasteiger partial charge in [-0.2, -0.15) is 0 Å². The van der Waals surface area contributed by atoms with Gasteiger partial charge in [0.05, 0.1) is 13.2 Å². The van der Waals surface area contributed by atoms with Crippen LogP contribution >= 0.6 is 11.6 Å². The normalized spacial score (nSPS) is 28.1. The molecule has 112 valence electrons. The lowest BCUT2D eigenvalue weighted by Crippen LogP contribution is -2.37. The molecule has 0 amide bonds. The van der Waals surface area contributed by atoms with Gasteiger partial charge in [-0.3, -0.25) is 11.3 Å². The summed E-state index contributed by atoms with van der Waals surface area (Å²) in [7, 11) is 1.67. The second-order valence-electron chi connectivity index (χ2n) is 6.06. The first-order valence-electron chi connectivity index (χ1n) is 7.36. The number of hydrogen-bond acceptors (Lipinski definition) is 3. The van der Waals surface area contributed by atoms with E-state index in [1.165, 1.54) is 19.3 Å². The fourth-order valence-corrected chi connectivity index (χ4v) is 3.48. The van der Waals surface area contributed by atoms with E-state index in [0.717, 1.165) is 23.1 Å². The third-order valence-electron chi connectivity index (χ3n) is 4.82. The van der Waals surface area contributed by atoms with Crippen molar-refractivity contribution in [2.45, 2.75) is 39.2 Å². The molecule has 0 aliphatic heterocycles. The highest BCUT2D eigenvalue weighted by Crippen LogP contribution is 2.42. The molecule has 0 aromatic heterocycles. The number of nitrogens with two attached hydrogens (primary N) is 1. The summed E-state index contributed by atoms with van der Waals surface area (Å²) in [5, 5.41) is 0.687. The molecule has 4 unspecified atom stereocenters. The van der Waals surface area contributed by atoms with Gasteiger partial charge in [0.15, 0.2) is 0 Å². The maximum Gasteiger partial charge on any atom is 0.125 e. The van der Waals surface area contributed by atoms with Crippen LogP contribution in [0.4, 0.5) is 0 Å². The second-order valence-corrected chi connectivity index (χ2v) is 6.49. The summed E-state index contributed by atoms with van der Waals surface area (Å²) >= 11 is 6.04. The van der Waals surface area contributed by atoms with Crippen LogP contribution in [-0.4, -0.2) is 7.11 Å². The van der Waals surface area contributed by atoms with Crippen molar-refractivity contribution in [2.24, 2.45) is 23.6 Å². The van der Waals surface area contributed by atoms with Crippen molar-refractivity contribution >= 4 is 11.6 Å². The van der Waals surface area contributed by atoms with Crippen LogP contribution in [0.1, 0.15) is 44.7 Å². The summed E-state index contributed by atoms with van der Waals surface area (Å²) in [6.07, 6.45) is 3.66. The van der Waals surface area contributed by atoms with Gasteiger partial charge in [0, 0.05) is 10.6 Å². The number of hydrazine groups is 1. The van der Waals surface area contributed by atoms with Gasteiger partial charge < -0.3 is 4.74 Å². The van der Waals surface area contributed by atoms with Crippen molar-refractivity contribution < 1.29 is 4.74 Å². The second kappa shape index (κ2) is 6.79. The van der Waals surface area contributed by atoms with E-state index in [9.17, 15) is 0 Å². The average Bonchev–Trinajstić information content (AvgIpc) is 2.44. The molecule has 3 nitrogen and oxygen atoms in total. The molecule has 0 spiro atoms. The lowest BCUT2D eigenvalue weighted by molar-refractivity contribution is 0.170. The quantitative estimate of drug-likeness (QED) is 0.654. The van der Waals surface area contributed by atoms with E-state index in [0.29, 0.717) is 10.9 Å². The number of hydrogen-bond donors (Lipinski definition) is 2. The summed E-state index contributed by atoms with van der Waals surface area (Å²) in [5.41, 5.74) is 4.10. The van der Waals surface area contributed by atoms with Crippen LogP contribution in [0.25, 0.3) is 0 Å². The Morgan fingerprint density at radius 3 is 2.65 bits per heavy atom. The summed E-state index contributed by atoms with van der Waals surface area (Å²) in [6.45, 7) is 4.68. The molecule has 1 aliphatic rings. The highest BCUT2D eigenvalue weighted by molar-refractivity contribution is 6.30. The first-order chi connectivity index (χ1) is 9.56. The van der Waals surface area contributed by atoms with Crippen molar-refractivity contribution in [2.75, 3.05) is 7.11 Å². The minimum absolute atomic E-state index is 0.122. The Kier molecular flexibility index (Phi) is 5.30. The molecule has 4 atom stereocenters. The standard InChI is InChI=1S/C16H25ClN2O/c1-10-4-5-12(8-11(10)2)16(19-18)14-7-6-13(17)9-15(14)20-3/h6-7,9-12,16,19H,4-5,8,18H2,1-3H3. The van der Waals surface area contributed by atoms with E-state index in [1.54, 1.807) is 7.11 Å². The topological polar surface area (TPSA) is 47.3 Å². The molecule has 1 saturated carbocycles. The molecule has 3 N–H and O–H groups in total. The zero-order valence-electron chi connectivity index (χ0n) is 12.5. The van der Waals surface area contributed by atoms with Gasteiger partial charge in [-0.05, 0) is 42.7 Å². The third kappa shape index (κ3) is 3.27. The average molecular weight is 297 g/mol. The van der Waals surface area contributed by atoms with Crippen LogP contribution in [0.3, 0.4) is 0 Å². The van der Waals surface area contributed by atoms with Gasteiger partial charge in [-0.25, -0.2) is 0 Å². The lowest BCUT2D eigenvalue weighted by Gasteiger charge is -2.37. The van der Waals surface area contributed by atoms with Crippen molar-refractivity contribution in [3.05, 3.63) is 28.8 Å². The van der Waals surface area contributed by atoms with Gasteiger partial charge in [-0.15, -0.1) is 0 Å². The van der Waals surface area contributed by atoms with E-state index in [-0.39, 0.29) is 6.04 Å². The zero-order valence-corrected chi connectivity index (χ0v) is 13.3. The predicted molar refractivity (Wildman–Crippen MR) is 83.7 cm³/mol. The smallest absolute Gasteiger partial charge is 0.125 e. The number of nitrogens with one attached hydrogen (secondary N) is 1. The summed E-state index contributed by atoms with van der Waals surface area (Å²) in [5.74, 6) is 8.73. The highest BCUT2D eigenvalue weighted by Gasteiger charge is 2.31. The van der Waals surface area contributed by atoms with E-state index in [4.69, 9.17) is 22.2 Å². The monoisotopic (exact) mass is 296 g/mol. The summed E-state index contributed by atoms with van der Waals surface area (Å²) in [4.78, 5) is 0. The van der Waals surface area contributed by atoms with Crippen LogP contribution in [0.2, 0.25) is 5.02 Å². The molecule has 1 aromatic carbocycles. The molecule has 1 fully saturated rings. The Morgan fingerprint density at radius 1 is 1.30 bits per heavy atom.